The first-order chi connectivity index (χ1) is 9.19. The predicted octanol–water partition coefficient (Wildman–Crippen LogP) is 0.377. The summed E-state index contributed by atoms with van der Waals surface area (Å²) in [7, 11) is 0. The molecule has 0 aliphatic rings. The van der Waals surface area contributed by atoms with E-state index < -0.39 is 11.5 Å². The van der Waals surface area contributed by atoms with E-state index in [2.05, 4.69) is 11.6 Å². The van der Waals surface area contributed by atoms with E-state index in [0.29, 0.717) is 4.96 Å². The third-order valence-corrected chi connectivity index (χ3v) is 3.35. The molecule has 19 heavy (non-hydrogen) atoms. The molecule has 0 aliphatic heterocycles. The quantitative estimate of drug-likeness (QED) is 0.803. The van der Waals surface area contributed by atoms with Crippen LogP contribution in [0.15, 0.2) is 35.2 Å². The Morgan fingerprint density at radius 3 is 3.11 bits per heavy atom. The summed E-state index contributed by atoms with van der Waals surface area (Å²) in [5.41, 5.74) is -0.408. The Labute approximate surface area is 113 Å². The Hall–Kier alpha value is -1.99. The second kappa shape index (κ2) is 5.77. The van der Waals surface area contributed by atoms with Crippen molar-refractivity contribution in [1.82, 2.24) is 14.3 Å². The highest BCUT2D eigenvalue weighted by Gasteiger charge is 2.19. The third-order valence-electron chi connectivity index (χ3n) is 2.58. The molecule has 0 fully saturated rings. The molecular weight excluding hydrogens is 266 g/mol. The van der Waals surface area contributed by atoms with Crippen molar-refractivity contribution in [3.8, 4) is 0 Å². The van der Waals surface area contributed by atoms with Crippen molar-refractivity contribution >= 4 is 22.2 Å². The van der Waals surface area contributed by atoms with Crippen LogP contribution in [0.4, 0.5) is 0 Å². The van der Waals surface area contributed by atoms with Crippen LogP contribution in [0.5, 0.6) is 0 Å². The summed E-state index contributed by atoms with van der Waals surface area (Å²) in [5, 5.41) is 10.7. The van der Waals surface area contributed by atoms with Gasteiger partial charge in [0, 0.05) is 30.9 Å². The molecule has 0 saturated carbocycles. The summed E-state index contributed by atoms with van der Waals surface area (Å²) in [5.74, 6) is -0.452. The van der Waals surface area contributed by atoms with Gasteiger partial charge >= 0.3 is 0 Å². The largest absolute Gasteiger partial charge is 0.395 e. The first kappa shape index (κ1) is 13.4. The summed E-state index contributed by atoms with van der Waals surface area (Å²) >= 11 is 1.32. The molecule has 100 valence electrons. The van der Waals surface area contributed by atoms with Crippen molar-refractivity contribution in [2.24, 2.45) is 0 Å². The van der Waals surface area contributed by atoms with Crippen molar-refractivity contribution < 1.29 is 9.90 Å². The van der Waals surface area contributed by atoms with Gasteiger partial charge in [0.25, 0.3) is 11.5 Å². The van der Waals surface area contributed by atoms with Crippen molar-refractivity contribution in [1.29, 1.82) is 0 Å². The SMILES string of the molecule is C=CCN(CCO)C(=O)c1cnc2sccn2c1=O. The Kier molecular flexibility index (Phi) is 4.08. The van der Waals surface area contributed by atoms with Crippen molar-refractivity contribution in [2.45, 2.75) is 0 Å². The van der Waals surface area contributed by atoms with Crippen LogP contribution >= 0.6 is 11.3 Å². The Bertz CT molecular complexity index is 662. The van der Waals surface area contributed by atoms with Gasteiger partial charge in [-0.1, -0.05) is 6.08 Å². The molecule has 2 aromatic rings. The monoisotopic (exact) mass is 279 g/mol. The van der Waals surface area contributed by atoms with Crippen LogP contribution in [0.1, 0.15) is 10.4 Å². The molecule has 1 amide bonds. The molecule has 0 radical (unpaired) electrons. The number of nitrogens with zero attached hydrogens (tertiary/aromatic N) is 3. The highest BCUT2D eigenvalue weighted by Crippen LogP contribution is 2.07. The topological polar surface area (TPSA) is 74.9 Å². The minimum absolute atomic E-state index is 0.00815. The third kappa shape index (κ3) is 2.56. The van der Waals surface area contributed by atoms with E-state index in [4.69, 9.17) is 5.11 Å². The molecule has 2 rings (SSSR count). The fourth-order valence-electron chi connectivity index (χ4n) is 1.69. The molecule has 0 bridgehead atoms. The molecule has 0 atom stereocenters. The Morgan fingerprint density at radius 2 is 2.42 bits per heavy atom. The van der Waals surface area contributed by atoms with Crippen LogP contribution in [0, 0.1) is 0 Å². The van der Waals surface area contributed by atoms with Gasteiger partial charge in [-0.3, -0.25) is 14.0 Å². The first-order valence-electron chi connectivity index (χ1n) is 5.65. The van der Waals surface area contributed by atoms with Gasteiger partial charge in [-0.2, -0.15) is 0 Å². The van der Waals surface area contributed by atoms with E-state index in [1.807, 2.05) is 0 Å². The number of amides is 1. The molecule has 0 aliphatic carbocycles. The van der Waals surface area contributed by atoms with Gasteiger partial charge in [-0.15, -0.1) is 17.9 Å². The van der Waals surface area contributed by atoms with E-state index in [0.717, 1.165) is 0 Å². The molecule has 2 aromatic heterocycles. The predicted molar refractivity (Wildman–Crippen MR) is 72.5 cm³/mol. The summed E-state index contributed by atoms with van der Waals surface area (Å²) in [6.07, 6.45) is 4.40. The Balaban J connectivity index is 2.42. The fourth-order valence-corrected chi connectivity index (χ4v) is 2.37. The summed E-state index contributed by atoms with van der Waals surface area (Å²) in [6, 6.07) is 0. The lowest BCUT2D eigenvalue weighted by molar-refractivity contribution is 0.0740. The lowest BCUT2D eigenvalue weighted by atomic mass is 10.2. The molecule has 1 N–H and O–H groups in total. The number of aliphatic hydroxyl groups excluding tert-OH is 1. The zero-order valence-electron chi connectivity index (χ0n) is 10.2. The Morgan fingerprint density at radius 1 is 1.63 bits per heavy atom. The number of hydrogen-bond donors (Lipinski definition) is 1. The molecule has 0 unspecified atom stereocenters. The summed E-state index contributed by atoms with van der Waals surface area (Å²) in [6.45, 7) is 3.80. The van der Waals surface area contributed by atoms with E-state index >= 15 is 0 Å². The van der Waals surface area contributed by atoms with Crippen molar-refractivity contribution in [3.05, 3.63) is 46.3 Å². The van der Waals surface area contributed by atoms with Crippen molar-refractivity contribution in [3.63, 3.8) is 0 Å². The smallest absolute Gasteiger partial charge is 0.271 e. The van der Waals surface area contributed by atoms with E-state index in [9.17, 15) is 9.59 Å². The van der Waals surface area contributed by atoms with Crippen LogP contribution in [0.2, 0.25) is 0 Å². The molecule has 7 heteroatoms. The van der Waals surface area contributed by atoms with Gasteiger partial charge in [-0.05, 0) is 0 Å². The summed E-state index contributed by atoms with van der Waals surface area (Å²) < 4.78 is 1.34. The lowest BCUT2D eigenvalue weighted by Crippen LogP contribution is -2.37. The van der Waals surface area contributed by atoms with E-state index in [1.165, 1.54) is 26.8 Å². The normalized spacial score (nSPS) is 10.6. The maximum Gasteiger partial charge on any atom is 0.271 e. The van der Waals surface area contributed by atoms with Crippen molar-refractivity contribution in [2.75, 3.05) is 19.7 Å². The maximum absolute atomic E-state index is 12.2. The first-order valence-corrected chi connectivity index (χ1v) is 6.53. The lowest BCUT2D eigenvalue weighted by Gasteiger charge is -2.19. The average molecular weight is 279 g/mol. The molecular formula is C12H13N3O3S. The molecule has 2 heterocycles. The van der Waals surface area contributed by atoms with Crippen LogP contribution < -0.4 is 5.56 Å². The zero-order chi connectivity index (χ0) is 13.8. The highest BCUT2D eigenvalue weighted by molar-refractivity contribution is 7.15. The number of thiazole rings is 1. The minimum atomic E-state index is -0.452. The number of rotatable bonds is 5. The average Bonchev–Trinajstić information content (AvgIpc) is 2.87. The highest BCUT2D eigenvalue weighted by atomic mass is 32.1. The number of fused-ring (bicyclic) bond motifs is 1. The standard InChI is InChI=1S/C12H13N3O3S/c1-2-3-14(4-6-16)10(17)9-8-13-12-15(11(9)18)5-7-19-12/h2,5,7-8,16H,1,3-4,6H2. The van der Waals surface area contributed by atoms with Gasteiger partial charge < -0.3 is 10.0 Å². The number of carbonyl (C=O) groups is 1. The second-order valence-corrected chi connectivity index (χ2v) is 4.67. The molecule has 0 aromatic carbocycles. The van der Waals surface area contributed by atoms with Gasteiger partial charge in [0.15, 0.2) is 4.96 Å². The van der Waals surface area contributed by atoms with Crippen LogP contribution in [-0.2, 0) is 0 Å². The molecule has 6 nitrogen and oxygen atoms in total. The van der Waals surface area contributed by atoms with E-state index in [1.54, 1.807) is 17.7 Å². The van der Waals surface area contributed by atoms with E-state index in [-0.39, 0.29) is 25.3 Å². The number of hydrogen-bond acceptors (Lipinski definition) is 5. The van der Waals surface area contributed by atoms with Gasteiger partial charge in [0.05, 0.1) is 6.61 Å². The second-order valence-electron chi connectivity index (χ2n) is 3.80. The number of aromatic nitrogens is 2. The fraction of sp³-hybridized carbons (Fsp3) is 0.250. The van der Waals surface area contributed by atoms with Crippen LogP contribution in [-0.4, -0.2) is 45.0 Å². The van der Waals surface area contributed by atoms with Crippen LogP contribution in [0.25, 0.3) is 4.96 Å². The number of carbonyl (C=O) groups excluding carboxylic acids is 1. The maximum atomic E-state index is 12.2. The molecule has 0 saturated heterocycles. The number of aliphatic hydroxyl groups is 1. The zero-order valence-corrected chi connectivity index (χ0v) is 11.0. The van der Waals surface area contributed by atoms with Gasteiger partial charge in [0.2, 0.25) is 0 Å². The van der Waals surface area contributed by atoms with Gasteiger partial charge in [-0.25, -0.2) is 4.98 Å². The van der Waals surface area contributed by atoms with Crippen LogP contribution in [0.3, 0.4) is 0 Å². The summed E-state index contributed by atoms with van der Waals surface area (Å²) in [4.78, 5) is 30.3. The van der Waals surface area contributed by atoms with Gasteiger partial charge in [0.1, 0.15) is 5.56 Å². The molecule has 0 spiro atoms. The minimum Gasteiger partial charge on any atom is -0.395 e.